The third-order valence-electron chi connectivity index (χ3n) is 2.42. The predicted octanol–water partition coefficient (Wildman–Crippen LogP) is 2.30. The third kappa shape index (κ3) is 11.1. The van der Waals surface area contributed by atoms with Crippen molar-refractivity contribution in [2.24, 2.45) is 4.99 Å². The molecule has 0 unspecified atom stereocenters. The Labute approximate surface area is 130 Å². The summed E-state index contributed by atoms with van der Waals surface area (Å²) in [6.07, 6.45) is 1.21. The quantitative estimate of drug-likeness (QED) is 0.428. The van der Waals surface area contributed by atoms with Crippen LogP contribution in [0.2, 0.25) is 0 Å². The molecule has 0 saturated carbocycles. The molecular formula is C13H31IN4. The van der Waals surface area contributed by atoms with Gasteiger partial charge in [-0.05, 0) is 40.3 Å². The Balaban J connectivity index is 0. The van der Waals surface area contributed by atoms with Crippen molar-refractivity contribution >= 4 is 29.9 Å². The summed E-state index contributed by atoms with van der Waals surface area (Å²) < 4.78 is 0. The molecule has 18 heavy (non-hydrogen) atoms. The summed E-state index contributed by atoms with van der Waals surface area (Å²) in [4.78, 5) is 6.66. The molecule has 0 saturated heterocycles. The van der Waals surface area contributed by atoms with Gasteiger partial charge in [-0.15, -0.1) is 24.0 Å². The van der Waals surface area contributed by atoms with Gasteiger partial charge in [-0.25, -0.2) is 0 Å². The van der Waals surface area contributed by atoms with E-state index >= 15 is 0 Å². The summed E-state index contributed by atoms with van der Waals surface area (Å²) >= 11 is 0. The lowest BCUT2D eigenvalue weighted by atomic mass is 10.1. The molecule has 0 spiro atoms. The predicted molar refractivity (Wildman–Crippen MR) is 92.1 cm³/mol. The van der Waals surface area contributed by atoms with Crippen molar-refractivity contribution < 1.29 is 0 Å². The minimum Gasteiger partial charge on any atom is -0.355 e. The number of likely N-dealkylation sites (N-methyl/N-ethyl adjacent to an activating group) is 1. The van der Waals surface area contributed by atoms with Gasteiger partial charge in [0.1, 0.15) is 0 Å². The summed E-state index contributed by atoms with van der Waals surface area (Å²) in [5, 5.41) is 6.70. The van der Waals surface area contributed by atoms with Gasteiger partial charge >= 0.3 is 0 Å². The summed E-state index contributed by atoms with van der Waals surface area (Å²) in [6, 6.07) is 0. The summed E-state index contributed by atoms with van der Waals surface area (Å²) in [5.41, 5.74) is 0.0513. The second-order valence-corrected chi connectivity index (χ2v) is 5.31. The van der Waals surface area contributed by atoms with E-state index < -0.39 is 0 Å². The van der Waals surface area contributed by atoms with Gasteiger partial charge in [0.05, 0.1) is 0 Å². The van der Waals surface area contributed by atoms with Crippen LogP contribution in [0.1, 0.15) is 41.0 Å². The van der Waals surface area contributed by atoms with Crippen LogP contribution in [0.25, 0.3) is 0 Å². The Hall–Kier alpha value is -0.0400. The van der Waals surface area contributed by atoms with Crippen LogP contribution >= 0.6 is 24.0 Å². The molecule has 0 bridgehead atoms. The molecule has 0 atom stereocenters. The molecule has 5 heteroatoms. The highest BCUT2D eigenvalue weighted by molar-refractivity contribution is 14.0. The van der Waals surface area contributed by atoms with E-state index in [2.05, 4.69) is 55.1 Å². The second-order valence-electron chi connectivity index (χ2n) is 5.31. The van der Waals surface area contributed by atoms with E-state index in [0.717, 1.165) is 25.6 Å². The maximum Gasteiger partial charge on any atom is 0.191 e. The second kappa shape index (κ2) is 10.8. The molecule has 0 aromatic carbocycles. The van der Waals surface area contributed by atoms with E-state index in [1.54, 1.807) is 0 Å². The molecule has 110 valence electrons. The van der Waals surface area contributed by atoms with Crippen molar-refractivity contribution in [2.75, 3.05) is 33.2 Å². The number of halogens is 1. The molecule has 0 fully saturated rings. The molecule has 0 aliphatic rings. The highest BCUT2D eigenvalue weighted by Crippen LogP contribution is 1.97. The van der Waals surface area contributed by atoms with Crippen LogP contribution in [-0.2, 0) is 0 Å². The summed E-state index contributed by atoms with van der Waals surface area (Å²) in [6.45, 7) is 15.1. The maximum absolute atomic E-state index is 4.22. The lowest BCUT2D eigenvalue weighted by Gasteiger charge is -2.25. The molecule has 0 radical (unpaired) electrons. The Morgan fingerprint density at radius 2 is 1.78 bits per heavy atom. The van der Waals surface area contributed by atoms with Crippen LogP contribution in [0.4, 0.5) is 0 Å². The van der Waals surface area contributed by atoms with Crippen molar-refractivity contribution in [3.8, 4) is 0 Å². The van der Waals surface area contributed by atoms with Crippen molar-refractivity contribution in [3.63, 3.8) is 0 Å². The molecule has 0 aromatic heterocycles. The maximum atomic E-state index is 4.22. The fraction of sp³-hybridized carbons (Fsp3) is 0.923. The van der Waals surface area contributed by atoms with E-state index in [1.807, 2.05) is 7.05 Å². The van der Waals surface area contributed by atoms with Gasteiger partial charge < -0.3 is 15.5 Å². The van der Waals surface area contributed by atoms with E-state index in [-0.39, 0.29) is 29.5 Å². The van der Waals surface area contributed by atoms with Crippen molar-refractivity contribution in [1.29, 1.82) is 0 Å². The first-order valence-corrected chi connectivity index (χ1v) is 6.64. The van der Waals surface area contributed by atoms with Gasteiger partial charge in [0, 0.05) is 25.7 Å². The Bertz CT molecular complexity index is 224. The van der Waals surface area contributed by atoms with Crippen LogP contribution in [0.5, 0.6) is 0 Å². The van der Waals surface area contributed by atoms with Gasteiger partial charge in [-0.2, -0.15) is 0 Å². The average Bonchev–Trinajstić information content (AvgIpc) is 2.24. The van der Waals surface area contributed by atoms with Crippen LogP contribution in [0.15, 0.2) is 4.99 Å². The highest BCUT2D eigenvalue weighted by Gasteiger charge is 2.11. The molecule has 2 N–H and O–H groups in total. The highest BCUT2D eigenvalue weighted by atomic mass is 127. The minimum absolute atomic E-state index is 0. The van der Waals surface area contributed by atoms with Gasteiger partial charge in [0.2, 0.25) is 0 Å². The smallest absolute Gasteiger partial charge is 0.191 e. The molecule has 0 aliphatic carbocycles. The van der Waals surface area contributed by atoms with Crippen molar-refractivity contribution in [1.82, 2.24) is 15.5 Å². The molecule has 0 aromatic rings. The largest absolute Gasteiger partial charge is 0.355 e. The van der Waals surface area contributed by atoms with Gasteiger partial charge in [0.25, 0.3) is 0 Å². The van der Waals surface area contributed by atoms with E-state index in [9.17, 15) is 0 Å². The SMILES string of the molecule is CCCN(CC)CCNC(=NC)NC(C)(C)C.I. The molecule has 0 amide bonds. The molecular weight excluding hydrogens is 339 g/mol. The third-order valence-corrected chi connectivity index (χ3v) is 2.42. The van der Waals surface area contributed by atoms with Crippen LogP contribution in [0, 0.1) is 0 Å². The Kier molecular flexibility index (Phi) is 12.2. The first kappa shape index (κ1) is 20.3. The zero-order valence-electron chi connectivity index (χ0n) is 12.8. The molecule has 4 nitrogen and oxygen atoms in total. The topological polar surface area (TPSA) is 39.7 Å². The summed E-state index contributed by atoms with van der Waals surface area (Å²) in [5.74, 6) is 0.880. The molecule has 0 rings (SSSR count). The number of nitrogens with one attached hydrogen (secondary N) is 2. The number of hydrogen-bond acceptors (Lipinski definition) is 2. The van der Waals surface area contributed by atoms with Crippen molar-refractivity contribution in [2.45, 2.75) is 46.6 Å². The number of hydrogen-bond donors (Lipinski definition) is 2. The van der Waals surface area contributed by atoms with E-state index in [1.165, 1.54) is 13.0 Å². The van der Waals surface area contributed by atoms with Gasteiger partial charge in [-0.3, -0.25) is 4.99 Å². The average molecular weight is 370 g/mol. The number of rotatable bonds is 6. The van der Waals surface area contributed by atoms with Crippen LogP contribution < -0.4 is 10.6 Å². The van der Waals surface area contributed by atoms with E-state index in [0.29, 0.717) is 0 Å². The molecule has 0 heterocycles. The normalized spacial score (nSPS) is 12.3. The summed E-state index contributed by atoms with van der Waals surface area (Å²) in [7, 11) is 1.81. The lowest BCUT2D eigenvalue weighted by Crippen LogP contribution is -2.49. The van der Waals surface area contributed by atoms with E-state index in [4.69, 9.17) is 0 Å². The minimum atomic E-state index is 0. The fourth-order valence-electron chi connectivity index (χ4n) is 1.61. The Morgan fingerprint density at radius 1 is 1.17 bits per heavy atom. The first-order chi connectivity index (χ1) is 7.92. The number of nitrogens with zero attached hydrogens (tertiary/aromatic N) is 2. The van der Waals surface area contributed by atoms with Crippen LogP contribution in [0.3, 0.4) is 0 Å². The number of guanidine groups is 1. The first-order valence-electron chi connectivity index (χ1n) is 6.64. The van der Waals surface area contributed by atoms with Gasteiger partial charge in [-0.1, -0.05) is 13.8 Å². The lowest BCUT2D eigenvalue weighted by molar-refractivity contribution is 0.292. The fourth-order valence-corrected chi connectivity index (χ4v) is 1.61. The monoisotopic (exact) mass is 370 g/mol. The zero-order chi connectivity index (χ0) is 13.3. The Morgan fingerprint density at radius 3 is 2.17 bits per heavy atom. The van der Waals surface area contributed by atoms with Crippen molar-refractivity contribution in [3.05, 3.63) is 0 Å². The molecule has 0 aliphatic heterocycles. The zero-order valence-corrected chi connectivity index (χ0v) is 15.2. The van der Waals surface area contributed by atoms with Crippen LogP contribution in [-0.4, -0.2) is 49.6 Å². The van der Waals surface area contributed by atoms with Gasteiger partial charge in [0.15, 0.2) is 5.96 Å². The standard InChI is InChI=1S/C13H30N4.HI/c1-7-10-17(8-2)11-9-15-12(14-6)16-13(3,4)5;/h7-11H2,1-6H3,(H2,14,15,16);1H. The number of aliphatic imine (C=N–C) groups is 1.